The molecule has 0 nitrogen and oxygen atoms in total. The largest absolute Gasteiger partial charge is 2.00 e. The number of allylic oxidation sites excluding steroid dienone is 8. The van der Waals surface area contributed by atoms with Crippen molar-refractivity contribution in [1.82, 2.24) is 0 Å². The van der Waals surface area contributed by atoms with Crippen molar-refractivity contribution in [2.75, 3.05) is 0 Å². The van der Waals surface area contributed by atoms with E-state index in [4.69, 9.17) is 0 Å². The first kappa shape index (κ1) is 46.4. The van der Waals surface area contributed by atoms with Crippen LogP contribution in [0.4, 0.5) is 0 Å². The molecule has 43 heavy (non-hydrogen) atoms. The minimum absolute atomic E-state index is 0. The molecule has 248 valence electrons. The van der Waals surface area contributed by atoms with Crippen LogP contribution in [0.3, 0.4) is 0 Å². The molecule has 2 saturated carbocycles. The third-order valence-electron chi connectivity index (χ3n) is 9.28. The molecule has 0 radical (unpaired) electrons. The van der Waals surface area contributed by atoms with Crippen LogP contribution in [0.1, 0.15) is 51.4 Å². The summed E-state index contributed by atoms with van der Waals surface area (Å²) in [4.78, 5) is 0. The van der Waals surface area contributed by atoms with Crippen LogP contribution in [0.25, 0.3) is 0 Å². The van der Waals surface area contributed by atoms with Crippen LogP contribution in [0.15, 0.2) is 45.1 Å². The van der Waals surface area contributed by atoms with E-state index >= 15 is 0 Å². The summed E-state index contributed by atoms with van der Waals surface area (Å²) in [7, 11) is -4.50. The maximum atomic E-state index is 3.70. The predicted molar refractivity (Wildman–Crippen MR) is 196 cm³/mol. The monoisotopic (exact) mass is 770 g/mol. The molecule has 4 aliphatic rings. The SMILES string of the molecule is C[Si](C)(C)C1=CC=C([Si](C)(C)C)C2CC[CH-]C12.C[Si](C)(C)C1=CC=C([Si](C)(C)C)C2CC[CH-]C12.[CH2-]CCCC[CH2-].[Cl-].[Cl-].[Zr+2]. The van der Waals surface area contributed by atoms with Crippen LogP contribution >= 0.6 is 0 Å². The van der Waals surface area contributed by atoms with Crippen molar-refractivity contribution >= 4 is 32.3 Å². The predicted octanol–water partition coefficient (Wildman–Crippen LogP) is 5.90. The summed E-state index contributed by atoms with van der Waals surface area (Å²) in [5.41, 5.74) is 0. The van der Waals surface area contributed by atoms with E-state index in [0.29, 0.717) is 0 Å². The topological polar surface area (TPSA) is 0 Å². The zero-order valence-corrected chi connectivity index (χ0v) is 38.1. The molecule has 4 aliphatic carbocycles. The van der Waals surface area contributed by atoms with E-state index in [2.05, 4.69) is 130 Å². The summed E-state index contributed by atoms with van der Waals surface area (Å²) in [5, 5.41) is 7.22. The molecule has 0 heterocycles. The van der Waals surface area contributed by atoms with E-state index < -0.39 is 32.3 Å². The molecule has 0 spiro atoms. The Balaban J connectivity index is 0. The van der Waals surface area contributed by atoms with E-state index in [1.54, 1.807) is 10.4 Å². The van der Waals surface area contributed by atoms with Crippen molar-refractivity contribution in [1.29, 1.82) is 0 Å². The second-order valence-electron chi connectivity index (χ2n) is 16.8. The van der Waals surface area contributed by atoms with E-state index in [9.17, 15) is 0 Å². The number of hydrogen-bond donors (Lipinski definition) is 0. The molecule has 0 aromatic carbocycles. The van der Waals surface area contributed by atoms with E-state index in [0.717, 1.165) is 36.5 Å². The Hall–Kier alpha value is 1.29. The molecule has 0 saturated heterocycles. The standard InChI is InChI=1S/2C15H27Si2.C6H12.2ClH.Zr/c2*1-16(2,3)14-10-11-15(17(4,5)6)13-9-7-8-12(13)14;1-3-5-6-4-2;;;/h2*8,10-13H,7,9H2,1-6H3;1-6H2;2*1H;/q2*-1;-2;;;+2/p-2. The van der Waals surface area contributed by atoms with Gasteiger partial charge < -0.3 is 51.5 Å². The van der Waals surface area contributed by atoms with Gasteiger partial charge in [0.15, 0.2) is 0 Å². The molecule has 0 N–H and O–H groups in total. The van der Waals surface area contributed by atoms with Crippen LogP contribution in [0.2, 0.25) is 78.6 Å². The Morgan fingerprint density at radius 1 is 0.535 bits per heavy atom. The average Bonchev–Trinajstić information content (AvgIpc) is 3.49. The van der Waals surface area contributed by atoms with Crippen molar-refractivity contribution in [3.8, 4) is 0 Å². The van der Waals surface area contributed by atoms with Crippen LogP contribution in [0.5, 0.6) is 0 Å². The fourth-order valence-corrected chi connectivity index (χ4v) is 15.1. The third-order valence-corrected chi connectivity index (χ3v) is 18.3. The Bertz CT molecular complexity index is 806. The summed E-state index contributed by atoms with van der Waals surface area (Å²) in [6.07, 6.45) is 25.3. The van der Waals surface area contributed by atoms with Gasteiger partial charge in [0.05, 0.1) is 32.3 Å². The van der Waals surface area contributed by atoms with Gasteiger partial charge >= 0.3 is 26.2 Å². The average molecular weight is 773 g/mol. The summed E-state index contributed by atoms with van der Waals surface area (Å²) in [6, 6.07) is 0. The van der Waals surface area contributed by atoms with Crippen LogP contribution in [0, 0.1) is 50.4 Å². The van der Waals surface area contributed by atoms with Gasteiger partial charge in [0.1, 0.15) is 0 Å². The number of fused-ring (bicyclic) bond motifs is 2. The van der Waals surface area contributed by atoms with E-state index in [1.807, 2.05) is 10.4 Å². The molecule has 7 heteroatoms. The van der Waals surface area contributed by atoms with Gasteiger partial charge in [0.2, 0.25) is 0 Å². The zero-order chi connectivity index (χ0) is 30.5. The van der Waals surface area contributed by atoms with Gasteiger partial charge in [-0.25, -0.2) is 0 Å². The molecule has 0 bridgehead atoms. The van der Waals surface area contributed by atoms with Gasteiger partial charge in [-0.2, -0.15) is 25.7 Å². The second kappa shape index (κ2) is 19.3. The van der Waals surface area contributed by atoms with Gasteiger partial charge in [0, 0.05) is 0 Å². The molecule has 0 aliphatic heterocycles. The molecular weight excluding hydrogens is 707 g/mol. The van der Waals surface area contributed by atoms with Crippen LogP contribution < -0.4 is 24.8 Å². The number of rotatable bonds is 7. The first-order valence-electron chi connectivity index (χ1n) is 16.4. The minimum atomic E-state index is -1.13. The Labute approximate surface area is 306 Å². The number of hydrogen-bond acceptors (Lipinski definition) is 0. The molecule has 0 aromatic rings. The summed E-state index contributed by atoms with van der Waals surface area (Å²) in [5.74, 6) is 3.34. The van der Waals surface area contributed by atoms with Gasteiger partial charge in [-0.15, -0.1) is 22.2 Å². The number of unbranched alkanes of at least 4 members (excludes halogenated alkanes) is 3. The normalized spacial score (nSPS) is 24.8. The van der Waals surface area contributed by atoms with Crippen molar-refractivity contribution < 1.29 is 51.0 Å². The smallest absolute Gasteiger partial charge is 1.00 e. The molecule has 4 unspecified atom stereocenters. The number of halogens is 2. The molecular formula is C36H66Cl2Si4Zr-4. The van der Waals surface area contributed by atoms with Gasteiger partial charge in [-0.05, 0) is 11.8 Å². The van der Waals surface area contributed by atoms with Crippen LogP contribution in [-0.4, -0.2) is 32.3 Å². The van der Waals surface area contributed by atoms with Crippen LogP contribution in [-0.2, 0) is 26.2 Å². The third kappa shape index (κ3) is 13.4. The van der Waals surface area contributed by atoms with Crippen molar-refractivity contribution in [2.45, 2.75) is 130 Å². The fraction of sp³-hybridized carbons (Fsp3) is 0.667. The first-order valence-corrected chi connectivity index (χ1v) is 30.4. The molecule has 4 rings (SSSR count). The molecule has 4 atom stereocenters. The molecule has 0 aromatic heterocycles. The molecule has 0 amide bonds. The molecule has 2 fully saturated rings. The van der Waals surface area contributed by atoms with Crippen molar-refractivity contribution in [3.63, 3.8) is 0 Å². The second-order valence-corrected chi connectivity index (χ2v) is 37.1. The Morgan fingerprint density at radius 3 is 1.02 bits per heavy atom. The summed E-state index contributed by atoms with van der Waals surface area (Å²) >= 11 is 0. The zero-order valence-electron chi connectivity index (χ0n) is 30.1. The van der Waals surface area contributed by atoms with Gasteiger partial charge in [0.25, 0.3) is 0 Å². The Morgan fingerprint density at radius 2 is 0.791 bits per heavy atom. The van der Waals surface area contributed by atoms with E-state index in [-0.39, 0.29) is 51.0 Å². The van der Waals surface area contributed by atoms with Crippen molar-refractivity contribution in [2.24, 2.45) is 23.7 Å². The summed E-state index contributed by atoms with van der Waals surface area (Å²) in [6.45, 7) is 37.4. The van der Waals surface area contributed by atoms with E-state index in [1.165, 1.54) is 38.5 Å². The minimum Gasteiger partial charge on any atom is -1.00 e. The maximum absolute atomic E-state index is 3.70. The quantitative estimate of drug-likeness (QED) is 0.172. The van der Waals surface area contributed by atoms with Crippen molar-refractivity contribution in [3.05, 3.63) is 71.8 Å². The summed E-state index contributed by atoms with van der Waals surface area (Å²) < 4.78 is 0. The first-order chi connectivity index (χ1) is 18.3. The maximum Gasteiger partial charge on any atom is 2.00 e. The van der Waals surface area contributed by atoms with Gasteiger partial charge in [-0.3, -0.25) is 0 Å². The van der Waals surface area contributed by atoms with Gasteiger partial charge in [-0.1, -0.05) is 139 Å². The fourth-order valence-electron chi connectivity index (χ4n) is 7.28. The Kier molecular flexibility index (Phi) is 20.9.